The van der Waals surface area contributed by atoms with Crippen molar-refractivity contribution in [3.8, 4) is 5.75 Å². The molecule has 1 aromatic heterocycles. The molecule has 24 heavy (non-hydrogen) atoms. The number of aromatic nitrogens is 2. The van der Waals surface area contributed by atoms with E-state index >= 15 is 0 Å². The maximum Gasteiger partial charge on any atom is 0.319 e. The molecule has 2 N–H and O–H groups in total. The van der Waals surface area contributed by atoms with Crippen molar-refractivity contribution in [3.05, 3.63) is 41.7 Å². The molecule has 2 heterocycles. The first kappa shape index (κ1) is 15.1. The van der Waals surface area contributed by atoms with E-state index in [0.717, 1.165) is 35.9 Å². The molecular formula is C18H22N4O2. The van der Waals surface area contributed by atoms with Crippen molar-refractivity contribution < 1.29 is 9.53 Å². The number of carbonyl (C=O) groups excluding carboxylic acids is 1. The number of anilines is 1. The predicted molar refractivity (Wildman–Crippen MR) is 91.2 cm³/mol. The van der Waals surface area contributed by atoms with E-state index < -0.39 is 0 Å². The lowest BCUT2D eigenvalue weighted by Gasteiger charge is -2.10. The number of rotatable bonds is 5. The molecule has 0 bridgehead atoms. The number of hydrogen-bond donors (Lipinski definition) is 2. The van der Waals surface area contributed by atoms with Gasteiger partial charge in [-0.15, -0.1) is 0 Å². The topological polar surface area (TPSA) is 68.2 Å². The molecule has 6 heteroatoms. The molecule has 4 rings (SSSR count). The molecule has 2 aromatic rings. The van der Waals surface area contributed by atoms with E-state index in [9.17, 15) is 4.79 Å². The van der Waals surface area contributed by atoms with Gasteiger partial charge >= 0.3 is 6.03 Å². The summed E-state index contributed by atoms with van der Waals surface area (Å²) in [6.07, 6.45) is 7.07. The summed E-state index contributed by atoms with van der Waals surface area (Å²) in [7, 11) is 0. The fourth-order valence-electron chi connectivity index (χ4n) is 3.19. The fraction of sp³-hybridized carbons (Fsp3) is 0.444. The van der Waals surface area contributed by atoms with Crippen LogP contribution in [0.2, 0.25) is 0 Å². The normalized spacial score (nSPS) is 17.0. The minimum atomic E-state index is -0.232. The Morgan fingerprint density at radius 2 is 2.33 bits per heavy atom. The number of para-hydroxylation sites is 1. The quantitative estimate of drug-likeness (QED) is 0.887. The zero-order chi connectivity index (χ0) is 16.5. The molecule has 1 atom stereocenters. The first-order chi connectivity index (χ1) is 11.7. The van der Waals surface area contributed by atoms with Gasteiger partial charge in [0, 0.05) is 24.7 Å². The van der Waals surface area contributed by atoms with Crippen LogP contribution in [0.5, 0.6) is 5.75 Å². The number of hydrogen-bond acceptors (Lipinski definition) is 3. The summed E-state index contributed by atoms with van der Waals surface area (Å²) >= 11 is 0. The third-order valence-corrected chi connectivity index (χ3v) is 4.82. The van der Waals surface area contributed by atoms with Crippen LogP contribution in [0.4, 0.5) is 10.5 Å². The number of ether oxygens (including phenoxy) is 1. The molecule has 1 aliphatic heterocycles. The molecule has 1 saturated carbocycles. The smallest absolute Gasteiger partial charge is 0.319 e. The first-order valence-corrected chi connectivity index (χ1v) is 8.53. The van der Waals surface area contributed by atoms with Crippen molar-refractivity contribution in [2.24, 2.45) is 5.92 Å². The summed E-state index contributed by atoms with van der Waals surface area (Å²) in [4.78, 5) is 12.1. The average molecular weight is 326 g/mol. The number of carbonyl (C=O) groups is 1. The van der Waals surface area contributed by atoms with Crippen molar-refractivity contribution in [2.45, 2.75) is 38.8 Å². The lowest BCUT2D eigenvalue weighted by molar-refractivity contribution is 0.251. The number of nitrogens with one attached hydrogen (secondary N) is 2. The van der Waals surface area contributed by atoms with E-state index in [2.05, 4.69) is 28.7 Å². The molecule has 2 aliphatic rings. The van der Waals surface area contributed by atoms with Crippen LogP contribution in [0.15, 0.2) is 30.6 Å². The molecule has 1 unspecified atom stereocenters. The van der Waals surface area contributed by atoms with Gasteiger partial charge in [-0.3, -0.25) is 4.68 Å². The number of nitrogens with zero attached hydrogens (tertiary/aromatic N) is 2. The summed E-state index contributed by atoms with van der Waals surface area (Å²) in [5.74, 6) is 1.65. The van der Waals surface area contributed by atoms with E-state index in [1.807, 2.05) is 23.0 Å². The van der Waals surface area contributed by atoms with Gasteiger partial charge in [0.1, 0.15) is 5.75 Å². The first-order valence-electron chi connectivity index (χ1n) is 8.53. The monoisotopic (exact) mass is 326 g/mol. The molecule has 0 radical (unpaired) electrons. The molecule has 6 nitrogen and oxygen atoms in total. The van der Waals surface area contributed by atoms with Crippen molar-refractivity contribution in [1.29, 1.82) is 0 Å². The van der Waals surface area contributed by atoms with Crippen LogP contribution in [0.25, 0.3) is 0 Å². The minimum absolute atomic E-state index is 0.232. The van der Waals surface area contributed by atoms with Crippen LogP contribution in [0, 0.1) is 5.92 Å². The Morgan fingerprint density at radius 3 is 3.17 bits per heavy atom. The van der Waals surface area contributed by atoms with Gasteiger partial charge in [-0.05, 0) is 31.2 Å². The highest BCUT2D eigenvalue weighted by Gasteiger charge is 2.29. The van der Waals surface area contributed by atoms with E-state index in [0.29, 0.717) is 12.6 Å². The highest BCUT2D eigenvalue weighted by atomic mass is 16.5. The SMILES string of the molecule is CC(C1CC1)n1cc(NC(=O)NCc2cccc3c2OCC3)cn1. The second-order valence-electron chi connectivity index (χ2n) is 6.60. The highest BCUT2D eigenvalue weighted by Crippen LogP contribution is 2.39. The predicted octanol–water partition coefficient (Wildman–Crippen LogP) is 3.11. The van der Waals surface area contributed by atoms with Crippen LogP contribution < -0.4 is 15.4 Å². The van der Waals surface area contributed by atoms with Crippen LogP contribution >= 0.6 is 0 Å². The van der Waals surface area contributed by atoms with E-state index in [1.165, 1.54) is 18.4 Å². The third-order valence-electron chi connectivity index (χ3n) is 4.82. The molecule has 126 valence electrons. The van der Waals surface area contributed by atoms with Crippen molar-refractivity contribution >= 4 is 11.7 Å². The molecule has 2 amide bonds. The van der Waals surface area contributed by atoms with Gasteiger partial charge in [-0.25, -0.2) is 4.79 Å². The number of fused-ring (bicyclic) bond motifs is 1. The Hall–Kier alpha value is -2.50. The van der Waals surface area contributed by atoms with Crippen molar-refractivity contribution in [1.82, 2.24) is 15.1 Å². The van der Waals surface area contributed by atoms with Gasteiger partial charge < -0.3 is 15.4 Å². The third kappa shape index (κ3) is 3.09. The number of urea groups is 1. The summed E-state index contributed by atoms with van der Waals surface area (Å²) in [6, 6.07) is 6.23. The second kappa shape index (κ2) is 6.19. The lowest BCUT2D eigenvalue weighted by Crippen LogP contribution is -2.28. The average Bonchev–Trinajstić information content (AvgIpc) is 3.13. The molecule has 1 aliphatic carbocycles. The standard InChI is InChI=1S/C18H22N4O2/c1-12(13-5-6-13)22-11-16(10-20-22)21-18(23)19-9-15-4-2-3-14-7-8-24-17(14)15/h2-4,10-13H,5-9H2,1H3,(H2,19,21,23). The Labute approximate surface area is 141 Å². The fourth-order valence-corrected chi connectivity index (χ4v) is 3.19. The Bertz CT molecular complexity index is 751. The minimum Gasteiger partial charge on any atom is -0.493 e. The zero-order valence-electron chi connectivity index (χ0n) is 13.8. The summed E-state index contributed by atoms with van der Waals surface area (Å²) in [5.41, 5.74) is 2.94. The molecule has 1 fully saturated rings. The molecular weight excluding hydrogens is 304 g/mol. The van der Waals surface area contributed by atoms with Crippen LogP contribution in [0.1, 0.15) is 36.9 Å². The molecule has 0 spiro atoms. The Kier molecular flexibility index (Phi) is 3.88. The summed E-state index contributed by atoms with van der Waals surface area (Å²) < 4.78 is 7.59. The maximum absolute atomic E-state index is 12.1. The van der Waals surface area contributed by atoms with E-state index in [-0.39, 0.29) is 6.03 Å². The van der Waals surface area contributed by atoms with Crippen LogP contribution in [-0.2, 0) is 13.0 Å². The zero-order valence-corrected chi connectivity index (χ0v) is 13.8. The molecule has 1 aromatic carbocycles. The van der Waals surface area contributed by atoms with Gasteiger partial charge in [0.25, 0.3) is 0 Å². The summed E-state index contributed by atoms with van der Waals surface area (Å²) in [5, 5.41) is 10.1. The van der Waals surface area contributed by atoms with E-state index in [1.54, 1.807) is 6.20 Å². The number of amides is 2. The van der Waals surface area contributed by atoms with Gasteiger partial charge in [0.05, 0.1) is 24.5 Å². The largest absolute Gasteiger partial charge is 0.493 e. The molecule has 0 saturated heterocycles. The van der Waals surface area contributed by atoms with Crippen molar-refractivity contribution in [3.63, 3.8) is 0 Å². The Morgan fingerprint density at radius 1 is 1.46 bits per heavy atom. The van der Waals surface area contributed by atoms with Gasteiger partial charge in [-0.1, -0.05) is 18.2 Å². The van der Waals surface area contributed by atoms with Crippen molar-refractivity contribution in [2.75, 3.05) is 11.9 Å². The van der Waals surface area contributed by atoms with Gasteiger partial charge in [0.15, 0.2) is 0 Å². The maximum atomic E-state index is 12.1. The van der Waals surface area contributed by atoms with Gasteiger partial charge in [0.2, 0.25) is 0 Å². The van der Waals surface area contributed by atoms with E-state index in [4.69, 9.17) is 4.74 Å². The van der Waals surface area contributed by atoms with Gasteiger partial charge in [-0.2, -0.15) is 5.10 Å². The second-order valence-corrected chi connectivity index (χ2v) is 6.60. The lowest BCUT2D eigenvalue weighted by atomic mass is 10.1. The highest BCUT2D eigenvalue weighted by molar-refractivity contribution is 5.88. The number of benzene rings is 1. The summed E-state index contributed by atoms with van der Waals surface area (Å²) in [6.45, 7) is 3.34. The Balaban J connectivity index is 1.33. The van der Waals surface area contributed by atoms with Crippen LogP contribution in [0.3, 0.4) is 0 Å². The van der Waals surface area contributed by atoms with Crippen LogP contribution in [-0.4, -0.2) is 22.4 Å².